The second-order valence-corrected chi connectivity index (χ2v) is 10.9. The van der Waals surface area contributed by atoms with Gasteiger partial charge in [0, 0.05) is 6.42 Å². The number of nitrogens with two attached hydrogens (primary N) is 1. The lowest BCUT2D eigenvalue weighted by atomic mass is 10.2. The molecule has 15 nitrogen and oxygen atoms in total. The Morgan fingerprint density at radius 1 is 1.14 bits per heavy atom. The van der Waals surface area contributed by atoms with Crippen LogP contribution in [0, 0.1) is 11.8 Å². The number of aliphatic hydroxyl groups excluding tert-OH is 1. The van der Waals surface area contributed by atoms with Crippen LogP contribution >= 0.6 is 7.60 Å². The molecule has 0 radical (unpaired) electrons. The van der Waals surface area contributed by atoms with Crippen molar-refractivity contribution in [2.45, 2.75) is 52.6 Å². The Hall–Kier alpha value is -2.68. The van der Waals surface area contributed by atoms with Crippen LogP contribution < -0.4 is 5.73 Å². The van der Waals surface area contributed by atoms with E-state index in [2.05, 4.69) is 15.0 Å². The van der Waals surface area contributed by atoms with Crippen LogP contribution in [0.2, 0.25) is 0 Å². The highest BCUT2D eigenvalue weighted by Gasteiger charge is 2.37. The number of esters is 2. The highest BCUT2D eigenvalue weighted by Crippen LogP contribution is 2.48. The van der Waals surface area contributed by atoms with Crippen molar-refractivity contribution in [2.24, 2.45) is 11.8 Å². The number of aromatic nitrogens is 4. The van der Waals surface area contributed by atoms with Crippen LogP contribution in [0.3, 0.4) is 0 Å². The van der Waals surface area contributed by atoms with Gasteiger partial charge in [-0.2, -0.15) is 0 Å². The first-order valence-corrected chi connectivity index (χ1v) is 13.3. The minimum Gasteiger partial charge on any atom is -0.438 e. The zero-order valence-electron chi connectivity index (χ0n) is 21.0. The molecule has 1 aliphatic rings. The molecule has 16 heteroatoms. The van der Waals surface area contributed by atoms with Gasteiger partial charge in [-0.25, -0.2) is 15.0 Å². The molecule has 2 aromatic heterocycles. The molecule has 1 aliphatic heterocycles. The number of fused-ring (bicyclic) bond motifs is 1. The van der Waals surface area contributed by atoms with Crippen molar-refractivity contribution in [2.75, 3.05) is 32.3 Å². The molecule has 0 amide bonds. The molecule has 0 bridgehead atoms. The van der Waals surface area contributed by atoms with E-state index in [0.717, 1.165) is 0 Å². The Kier molecular flexibility index (Phi) is 9.93. The molecule has 0 spiro atoms. The predicted octanol–water partition coefficient (Wildman–Crippen LogP) is 1.57. The average Bonchev–Trinajstić information content (AvgIpc) is 3.42. The van der Waals surface area contributed by atoms with E-state index in [4.69, 9.17) is 33.7 Å². The molecule has 3 N–H and O–H groups in total. The minimum absolute atomic E-state index is 0.0778. The van der Waals surface area contributed by atoms with E-state index in [-0.39, 0.29) is 18.8 Å². The van der Waals surface area contributed by atoms with E-state index in [9.17, 15) is 19.3 Å². The smallest absolute Gasteiger partial charge is 0.361 e. The van der Waals surface area contributed by atoms with E-state index in [0.29, 0.717) is 11.2 Å². The summed E-state index contributed by atoms with van der Waals surface area (Å²) in [5.74, 6) is -1.75. The lowest BCUT2D eigenvalue weighted by Crippen LogP contribution is -2.20. The zero-order chi connectivity index (χ0) is 27.2. The third-order valence-electron chi connectivity index (χ3n) is 5.22. The summed E-state index contributed by atoms with van der Waals surface area (Å²) in [6.07, 6.45) is 0.0815. The molecule has 37 heavy (non-hydrogen) atoms. The summed E-state index contributed by atoms with van der Waals surface area (Å²) in [4.78, 5) is 35.5. The van der Waals surface area contributed by atoms with Crippen molar-refractivity contribution in [1.29, 1.82) is 0 Å². The van der Waals surface area contributed by atoms with Gasteiger partial charge in [-0.05, 0) is 0 Å². The Balaban J connectivity index is 1.56. The summed E-state index contributed by atoms with van der Waals surface area (Å²) in [6.45, 7) is 5.15. The lowest BCUT2D eigenvalue weighted by molar-refractivity contribution is -0.156. The molecule has 1 fully saturated rings. The minimum atomic E-state index is -4.01. The highest BCUT2D eigenvalue weighted by atomic mass is 31.2. The Morgan fingerprint density at radius 3 is 2.35 bits per heavy atom. The third-order valence-corrected chi connectivity index (χ3v) is 6.72. The molecule has 3 rings (SSSR count). The van der Waals surface area contributed by atoms with Crippen LogP contribution in [0.5, 0.6) is 0 Å². The summed E-state index contributed by atoms with van der Waals surface area (Å²) in [7, 11) is -4.01. The number of hydrogen-bond acceptors (Lipinski definition) is 14. The first-order chi connectivity index (χ1) is 17.5. The maximum atomic E-state index is 13.1. The van der Waals surface area contributed by atoms with Gasteiger partial charge in [0.15, 0.2) is 17.7 Å². The van der Waals surface area contributed by atoms with Gasteiger partial charge in [0.2, 0.25) is 13.6 Å². The van der Waals surface area contributed by atoms with Gasteiger partial charge in [-0.3, -0.25) is 27.8 Å². The molecule has 1 saturated heterocycles. The fourth-order valence-electron chi connectivity index (χ4n) is 3.21. The number of imidazole rings is 1. The number of ether oxygens (including phenoxy) is 4. The molecular weight excluding hydrogens is 513 g/mol. The summed E-state index contributed by atoms with van der Waals surface area (Å²) in [6, 6.07) is 0. The molecule has 2 aromatic rings. The topological polar surface area (TPSA) is 196 Å². The third kappa shape index (κ3) is 7.66. The van der Waals surface area contributed by atoms with Crippen LogP contribution in [-0.4, -0.2) is 75.3 Å². The van der Waals surface area contributed by atoms with E-state index in [1.807, 2.05) is 0 Å². The maximum Gasteiger partial charge on any atom is 0.361 e. The second kappa shape index (κ2) is 12.7. The zero-order valence-corrected chi connectivity index (χ0v) is 21.9. The summed E-state index contributed by atoms with van der Waals surface area (Å²) in [5.41, 5.74) is 6.59. The number of nitrogens with zero attached hydrogens (tertiary/aromatic N) is 4. The standard InChI is InChI=1S/C21H32N5O10P/c1-12(2)20(28)32-9-34-37(30,35-10-33-21(29)13(3)4)11-31-6-14-5-15(27)19(36-14)26-8-25-16-17(22)23-7-24-18(16)26/h7-8,12-15,19,27H,5-6,9-11H2,1-4H3,(H2,22,23,24)/t14-,15?,19+/m0/s1. The Morgan fingerprint density at radius 2 is 1.76 bits per heavy atom. The molecule has 206 valence electrons. The van der Waals surface area contributed by atoms with Crippen molar-refractivity contribution in [3.05, 3.63) is 12.7 Å². The van der Waals surface area contributed by atoms with E-state index >= 15 is 0 Å². The number of anilines is 1. The second-order valence-electron chi connectivity index (χ2n) is 8.88. The summed E-state index contributed by atoms with van der Waals surface area (Å²) >= 11 is 0. The average molecular weight is 545 g/mol. The van der Waals surface area contributed by atoms with Crippen LogP contribution in [0.1, 0.15) is 40.3 Å². The van der Waals surface area contributed by atoms with Gasteiger partial charge in [0.05, 0.1) is 30.9 Å². The fraction of sp³-hybridized carbons (Fsp3) is 0.667. The number of carbonyl (C=O) groups is 2. The Bertz CT molecular complexity index is 1100. The number of rotatable bonds is 13. The Labute approximate surface area is 213 Å². The number of aliphatic hydroxyl groups is 1. The van der Waals surface area contributed by atoms with Crippen LogP contribution in [-0.2, 0) is 42.1 Å². The van der Waals surface area contributed by atoms with Crippen molar-refractivity contribution < 1.29 is 47.3 Å². The highest BCUT2D eigenvalue weighted by molar-refractivity contribution is 7.53. The number of hydrogen-bond donors (Lipinski definition) is 2. The predicted molar refractivity (Wildman–Crippen MR) is 126 cm³/mol. The molecule has 0 aliphatic carbocycles. The van der Waals surface area contributed by atoms with E-state index in [1.54, 1.807) is 32.3 Å². The lowest BCUT2D eigenvalue weighted by Gasteiger charge is -2.20. The molecule has 3 atom stereocenters. The van der Waals surface area contributed by atoms with E-state index < -0.39 is 69.7 Å². The van der Waals surface area contributed by atoms with Gasteiger partial charge < -0.3 is 29.8 Å². The number of nitrogen functional groups attached to an aromatic ring is 1. The van der Waals surface area contributed by atoms with Gasteiger partial charge in [0.25, 0.3) is 0 Å². The van der Waals surface area contributed by atoms with Crippen LogP contribution in [0.25, 0.3) is 11.2 Å². The first-order valence-electron chi connectivity index (χ1n) is 11.6. The largest absolute Gasteiger partial charge is 0.438 e. The normalized spacial score (nSPS) is 20.1. The summed E-state index contributed by atoms with van der Waals surface area (Å²) < 4.78 is 46.2. The molecule has 0 aromatic carbocycles. The molecule has 3 heterocycles. The van der Waals surface area contributed by atoms with Crippen LogP contribution in [0.4, 0.5) is 5.82 Å². The molecule has 0 saturated carbocycles. The molecule has 1 unspecified atom stereocenters. The van der Waals surface area contributed by atoms with Crippen molar-refractivity contribution in [3.63, 3.8) is 0 Å². The van der Waals surface area contributed by atoms with E-state index in [1.165, 1.54) is 12.7 Å². The summed E-state index contributed by atoms with van der Waals surface area (Å²) in [5, 5.41) is 10.5. The quantitative estimate of drug-likeness (QED) is 0.209. The van der Waals surface area contributed by atoms with Crippen LogP contribution in [0.15, 0.2) is 12.7 Å². The van der Waals surface area contributed by atoms with Crippen molar-refractivity contribution >= 4 is 36.5 Å². The van der Waals surface area contributed by atoms with Gasteiger partial charge >= 0.3 is 19.5 Å². The monoisotopic (exact) mass is 545 g/mol. The van der Waals surface area contributed by atoms with Gasteiger partial charge in [-0.1, -0.05) is 27.7 Å². The number of carbonyl (C=O) groups excluding carboxylic acids is 2. The first kappa shape index (κ1) is 28.9. The fourth-order valence-corrected chi connectivity index (χ4v) is 4.19. The van der Waals surface area contributed by atoms with Crippen molar-refractivity contribution in [1.82, 2.24) is 19.5 Å². The van der Waals surface area contributed by atoms with Gasteiger partial charge in [-0.15, -0.1) is 0 Å². The molecular formula is C21H32N5O10P. The maximum absolute atomic E-state index is 13.1. The van der Waals surface area contributed by atoms with Gasteiger partial charge in [0.1, 0.15) is 24.3 Å². The van der Waals surface area contributed by atoms with Crippen molar-refractivity contribution in [3.8, 4) is 0 Å². The SMILES string of the molecule is CC(C)C(=O)OCOP(=O)(COC[C@@H]1CC(O)[C@H](n2cnc3c(N)ncnc32)O1)OCOC(=O)C(C)C.